The second-order valence-corrected chi connectivity index (χ2v) is 6.69. The number of ether oxygens (including phenoxy) is 8. The minimum Gasteiger partial charge on any atom is -0.463 e. The molecule has 31 heavy (non-hydrogen) atoms. The normalized spacial score (nSPS) is 13.5. The van der Waals surface area contributed by atoms with Gasteiger partial charge in [-0.2, -0.15) is 0 Å². The molecule has 0 amide bonds. The third-order valence-electron chi connectivity index (χ3n) is 3.49. The van der Waals surface area contributed by atoms with Crippen LogP contribution >= 0.6 is 0 Å². The van der Waals surface area contributed by atoms with Crippen LogP contribution < -0.4 is 0 Å². The third kappa shape index (κ3) is 28.7. The van der Waals surface area contributed by atoms with Crippen molar-refractivity contribution in [2.45, 2.75) is 52.9 Å². The molecule has 0 bridgehead atoms. The third-order valence-corrected chi connectivity index (χ3v) is 3.49. The second-order valence-electron chi connectivity index (χ2n) is 6.69. The molecule has 10 nitrogen and oxygen atoms in total. The Labute approximate surface area is 186 Å². The van der Waals surface area contributed by atoms with Gasteiger partial charge in [0.2, 0.25) is 0 Å². The van der Waals surface area contributed by atoms with Gasteiger partial charge in [0.05, 0.1) is 64.6 Å². The Morgan fingerprint density at radius 1 is 0.613 bits per heavy atom. The minimum atomic E-state index is -0.293. The molecule has 3 unspecified atom stereocenters. The molecular weight excluding hydrogens is 412 g/mol. The van der Waals surface area contributed by atoms with E-state index in [1.165, 1.54) is 13.8 Å². The SMILES string of the molecule is COC(C)COC(C)COC(C)COC(C)=O.COCCOCCOCCOC(C)=O. The van der Waals surface area contributed by atoms with Crippen molar-refractivity contribution in [3.8, 4) is 0 Å². The van der Waals surface area contributed by atoms with Crippen LogP contribution in [0.4, 0.5) is 0 Å². The molecule has 0 spiro atoms. The summed E-state index contributed by atoms with van der Waals surface area (Å²) in [5.74, 6) is -0.580. The molecule has 0 aliphatic rings. The molecule has 0 rings (SSSR count). The van der Waals surface area contributed by atoms with Crippen molar-refractivity contribution in [1.82, 2.24) is 0 Å². The Hall–Kier alpha value is -1.30. The fraction of sp³-hybridized carbons (Fsp3) is 0.905. The molecule has 0 aromatic carbocycles. The molecule has 0 radical (unpaired) electrons. The van der Waals surface area contributed by atoms with E-state index in [-0.39, 0.29) is 36.9 Å². The number of esters is 2. The van der Waals surface area contributed by atoms with Gasteiger partial charge in [0.15, 0.2) is 0 Å². The predicted molar refractivity (Wildman–Crippen MR) is 114 cm³/mol. The highest BCUT2D eigenvalue weighted by Crippen LogP contribution is 2.00. The molecule has 0 saturated carbocycles. The van der Waals surface area contributed by atoms with E-state index in [0.29, 0.717) is 52.9 Å². The van der Waals surface area contributed by atoms with E-state index >= 15 is 0 Å². The van der Waals surface area contributed by atoms with Gasteiger partial charge in [-0.05, 0) is 20.8 Å². The van der Waals surface area contributed by atoms with E-state index in [2.05, 4.69) is 4.74 Å². The first-order valence-electron chi connectivity index (χ1n) is 10.4. The predicted octanol–water partition coefficient (Wildman–Crippen LogP) is 1.62. The first kappa shape index (κ1) is 31.9. The molecule has 0 aromatic heterocycles. The van der Waals surface area contributed by atoms with Gasteiger partial charge < -0.3 is 37.9 Å². The Kier molecular flexibility index (Phi) is 24.0. The van der Waals surface area contributed by atoms with Crippen LogP contribution in [-0.4, -0.2) is 104 Å². The van der Waals surface area contributed by atoms with Crippen LogP contribution in [0, 0.1) is 0 Å². The topological polar surface area (TPSA) is 108 Å². The number of hydrogen-bond acceptors (Lipinski definition) is 10. The summed E-state index contributed by atoms with van der Waals surface area (Å²) in [5.41, 5.74) is 0. The lowest BCUT2D eigenvalue weighted by Gasteiger charge is -2.19. The first-order chi connectivity index (χ1) is 14.7. The lowest BCUT2D eigenvalue weighted by Crippen LogP contribution is -2.26. The molecule has 0 aliphatic heterocycles. The van der Waals surface area contributed by atoms with E-state index < -0.39 is 0 Å². The molecule has 186 valence electrons. The molecule has 0 heterocycles. The first-order valence-corrected chi connectivity index (χ1v) is 10.4. The molecule has 0 aliphatic carbocycles. The van der Waals surface area contributed by atoms with Crippen molar-refractivity contribution in [3.63, 3.8) is 0 Å². The maximum Gasteiger partial charge on any atom is 0.302 e. The van der Waals surface area contributed by atoms with Crippen LogP contribution in [0.15, 0.2) is 0 Å². The highest BCUT2D eigenvalue weighted by atomic mass is 16.6. The molecule has 0 N–H and O–H groups in total. The minimum absolute atomic E-state index is 0.00706. The Morgan fingerprint density at radius 3 is 1.55 bits per heavy atom. The fourth-order valence-electron chi connectivity index (χ4n) is 1.71. The van der Waals surface area contributed by atoms with Crippen molar-refractivity contribution in [2.24, 2.45) is 0 Å². The number of rotatable bonds is 18. The maximum absolute atomic E-state index is 10.6. The van der Waals surface area contributed by atoms with Crippen molar-refractivity contribution >= 4 is 11.9 Å². The number of carbonyl (C=O) groups excluding carboxylic acids is 2. The van der Waals surface area contributed by atoms with Crippen LogP contribution in [0.5, 0.6) is 0 Å². The Bertz CT molecular complexity index is 419. The van der Waals surface area contributed by atoms with Gasteiger partial charge in [-0.15, -0.1) is 0 Å². The van der Waals surface area contributed by atoms with Gasteiger partial charge >= 0.3 is 11.9 Å². The van der Waals surface area contributed by atoms with Crippen LogP contribution in [-0.2, 0) is 47.5 Å². The summed E-state index contributed by atoms with van der Waals surface area (Å²) < 4.78 is 40.6. The summed E-state index contributed by atoms with van der Waals surface area (Å²) >= 11 is 0. The Balaban J connectivity index is 0. The van der Waals surface area contributed by atoms with Crippen molar-refractivity contribution in [3.05, 3.63) is 0 Å². The van der Waals surface area contributed by atoms with Crippen molar-refractivity contribution in [2.75, 3.05) is 73.7 Å². The van der Waals surface area contributed by atoms with Gasteiger partial charge in [0, 0.05) is 28.1 Å². The summed E-state index contributed by atoms with van der Waals surface area (Å²) in [6.07, 6.45) is -0.0481. The highest BCUT2D eigenvalue weighted by molar-refractivity contribution is 5.66. The van der Waals surface area contributed by atoms with E-state index in [9.17, 15) is 9.59 Å². The fourth-order valence-corrected chi connectivity index (χ4v) is 1.71. The van der Waals surface area contributed by atoms with Gasteiger partial charge in [0.25, 0.3) is 0 Å². The van der Waals surface area contributed by atoms with Crippen LogP contribution in [0.3, 0.4) is 0 Å². The summed E-state index contributed by atoms with van der Waals surface area (Å²) in [6.45, 7) is 12.7. The number of carbonyl (C=O) groups is 2. The summed E-state index contributed by atoms with van der Waals surface area (Å²) in [7, 11) is 3.27. The number of methoxy groups -OCH3 is 2. The van der Waals surface area contributed by atoms with Gasteiger partial charge in [-0.1, -0.05) is 0 Å². The van der Waals surface area contributed by atoms with Gasteiger partial charge in [-0.25, -0.2) is 0 Å². The van der Waals surface area contributed by atoms with Crippen LogP contribution in [0.2, 0.25) is 0 Å². The highest BCUT2D eigenvalue weighted by Gasteiger charge is 2.09. The summed E-state index contributed by atoms with van der Waals surface area (Å²) in [6, 6.07) is 0. The summed E-state index contributed by atoms with van der Waals surface area (Å²) in [5, 5.41) is 0. The van der Waals surface area contributed by atoms with E-state index in [1.54, 1.807) is 14.2 Å². The molecule has 10 heteroatoms. The van der Waals surface area contributed by atoms with E-state index in [0.717, 1.165) is 0 Å². The lowest BCUT2D eigenvalue weighted by atomic mass is 10.4. The average Bonchev–Trinajstić information content (AvgIpc) is 2.73. The van der Waals surface area contributed by atoms with Crippen molar-refractivity contribution in [1.29, 1.82) is 0 Å². The zero-order chi connectivity index (χ0) is 23.9. The standard InChI is InChI=1S/C12H24O5.C9H18O5/c1-9(14-5)6-15-10(2)7-16-11(3)8-17-12(4)13;1-9(10)14-8-7-13-6-5-12-4-3-11-2/h9-11H,6-8H2,1-5H3;3-8H2,1-2H3. The quantitative estimate of drug-likeness (QED) is 0.224. The largest absolute Gasteiger partial charge is 0.463 e. The molecule has 0 saturated heterocycles. The monoisotopic (exact) mass is 454 g/mol. The smallest absolute Gasteiger partial charge is 0.302 e. The van der Waals surface area contributed by atoms with E-state index in [1.807, 2.05) is 20.8 Å². The van der Waals surface area contributed by atoms with Gasteiger partial charge in [-0.3, -0.25) is 9.59 Å². The lowest BCUT2D eigenvalue weighted by molar-refractivity contribution is -0.146. The van der Waals surface area contributed by atoms with Crippen LogP contribution in [0.25, 0.3) is 0 Å². The Morgan fingerprint density at radius 2 is 1.06 bits per heavy atom. The maximum atomic E-state index is 10.6. The average molecular weight is 455 g/mol. The van der Waals surface area contributed by atoms with E-state index in [4.69, 9.17) is 33.2 Å². The second kappa shape index (κ2) is 23.4. The molecular formula is C21H42O10. The van der Waals surface area contributed by atoms with Crippen molar-refractivity contribution < 1.29 is 47.5 Å². The molecule has 0 aromatic rings. The zero-order valence-electron chi connectivity index (χ0n) is 20.2. The van der Waals surface area contributed by atoms with Crippen LogP contribution in [0.1, 0.15) is 34.6 Å². The zero-order valence-corrected chi connectivity index (χ0v) is 20.2. The van der Waals surface area contributed by atoms with Gasteiger partial charge in [0.1, 0.15) is 13.2 Å². The molecule has 0 fully saturated rings. The number of hydrogen-bond donors (Lipinski definition) is 0. The summed E-state index contributed by atoms with van der Waals surface area (Å²) in [4.78, 5) is 20.9. The molecule has 3 atom stereocenters.